The summed E-state index contributed by atoms with van der Waals surface area (Å²) in [7, 11) is 2.25. The molecule has 0 amide bonds. The van der Waals surface area contributed by atoms with Gasteiger partial charge in [0.05, 0.1) is 0 Å². The van der Waals surface area contributed by atoms with Crippen molar-refractivity contribution in [2.24, 2.45) is 11.1 Å². The summed E-state index contributed by atoms with van der Waals surface area (Å²) in [5, 5.41) is 0. The van der Waals surface area contributed by atoms with Gasteiger partial charge in [0, 0.05) is 13.1 Å². The van der Waals surface area contributed by atoms with Gasteiger partial charge in [-0.2, -0.15) is 0 Å². The van der Waals surface area contributed by atoms with Crippen molar-refractivity contribution in [2.45, 2.75) is 25.7 Å². The van der Waals surface area contributed by atoms with Gasteiger partial charge in [-0.1, -0.05) is 0 Å². The Morgan fingerprint density at radius 2 is 1.53 bits per heavy atom. The highest BCUT2D eigenvalue weighted by molar-refractivity contribution is 4.89. The molecule has 1 spiro atoms. The zero-order chi connectivity index (χ0) is 10.7. The zero-order valence-electron chi connectivity index (χ0n) is 10.0. The Kier molecular flexibility index (Phi) is 3.65. The fourth-order valence-electron chi connectivity index (χ4n) is 3.03. The van der Waals surface area contributed by atoms with Gasteiger partial charge in [0.15, 0.2) is 0 Å². The molecule has 2 fully saturated rings. The van der Waals surface area contributed by atoms with E-state index in [4.69, 9.17) is 5.73 Å². The van der Waals surface area contributed by atoms with Crippen LogP contribution in [0.5, 0.6) is 0 Å². The molecule has 0 aliphatic carbocycles. The summed E-state index contributed by atoms with van der Waals surface area (Å²) >= 11 is 0. The van der Waals surface area contributed by atoms with Crippen LogP contribution < -0.4 is 5.73 Å². The number of hydrogen-bond donors (Lipinski definition) is 1. The molecule has 0 atom stereocenters. The first-order chi connectivity index (χ1) is 7.24. The minimum atomic E-state index is 0.692. The van der Waals surface area contributed by atoms with Crippen molar-refractivity contribution in [1.29, 1.82) is 0 Å². The van der Waals surface area contributed by atoms with Crippen molar-refractivity contribution < 1.29 is 0 Å². The highest BCUT2D eigenvalue weighted by atomic mass is 15.1. The first-order valence-electron chi connectivity index (χ1n) is 6.35. The predicted octanol–water partition coefficient (Wildman–Crippen LogP) is 0.753. The summed E-state index contributed by atoms with van der Waals surface area (Å²) in [5.74, 6) is 0. The van der Waals surface area contributed by atoms with Crippen LogP contribution in [0.2, 0.25) is 0 Å². The monoisotopic (exact) mass is 211 g/mol. The first kappa shape index (κ1) is 11.4. The molecule has 0 radical (unpaired) electrons. The van der Waals surface area contributed by atoms with E-state index in [0.717, 1.165) is 13.1 Å². The van der Waals surface area contributed by atoms with E-state index in [1.807, 2.05) is 0 Å². The molecule has 3 heteroatoms. The Bertz CT molecular complexity index is 187. The lowest BCUT2D eigenvalue weighted by atomic mass is 9.71. The predicted molar refractivity (Wildman–Crippen MR) is 63.9 cm³/mol. The SMILES string of the molecule is CN1CCC2(CC1)CCN(CCN)CC2. The lowest BCUT2D eigenvalue weighted by Gasteiger charge is -2.46. The van der Waals surface area contributed by atoms with E-state index in [0.29, 0.717) is 5.41 Å². The molecule has 2 saturated heterocycles. The molecule has 15 heavy (non-hydrogen) atoms. The molecule has 0 aromatic carbocycles. The molecule has 0 aromatic heterocycles. The minimum absolute atomic E-state index is 0.692. The standard InChI is InChI=1S/C12H25N3/c1-14-7-2-12(3-8-14)4-9-15(10-5-12)11-6-13/h2-11,13H2,1H3. The number of nitrogens with two attached hydrogens (primary N) is 1. The average molecular weight is 211 g/mol. The third kappa shape index (κ3) is 2.71. The normalized spacial score (nSPS) is 28.4. The zero-order valence-corrected chi connectivity index (χ0v) is 10.0. The van der Waals surface area contributed by atoms with Crippen molar-refractivity contribution in [2.75, 3.05) is 46.3 Å². The first-order valence-corrected chi connectivity index (χ1v) is 6.35. The number of rotatable bonds is 2. The van der Waals surface area contributed by atoms with Gasteiger partial charge in [-0.15, -0.1) is 0 Å². The molecule has 3 nitrogen and oxygen atoms in total. The molecule has 2 rings (SSSR count). The maximum atomic E-state index is 5.60. The van der Waals surface area contributed by atoms with Crippen molar-refractivity contribution in [1.82, 2.24) is 9.80 Å². The summed E-state index contributed by atoms with van der Waals surface area (Å²) in [6.07, 6.45) is 5.64. The smallest absolute Gasteiger partial charge is 0.0105 e. The van der Waals surface area contributed by atoms with E-state index >= 15 is 0 Å². The Morgan fingerprint density at radius 1 is 1.00 bits per heavy atom. The van der Waals surface area contributed by atoms with Gasteiger partial charge in [-0.05, 0) is 64.3 Å². The third-order valence-corrected chi connectivity index (χ3v) is 4.41. The summed E-state index contributed by atoms with van der Waals surface area (Å²) in [5.41, 5.74) is 6.29. The van der Waals surface area contributed by atoms with Gasteiger partial charge in [-0.3, -0.25) is 0 Å². The van der Waals surface area contributed by atoms with Crippen LogP contribution in [0.4, 0.5) is 0 Å². The van der Waals surface area contributed by atoms with Crippen LogP contribution in [-0.2, 0) is 0 Å². The van der Waals surface area contributed by atoms with Crippen LogP contribution in [-0.4, -0.2) is 56.1 Å². The quantitative estimate of drug-likeness (QED) is 0.732. The fraction of sp³-hybridized carbons (Fsp3) is 1.00. The Morgan fingerprint density at radius 3 is 2.07 bits per heavy atom. The topological polar surface area (TPSA) is 32.5 Å². The minimum Gasteiger partial charge on any atom is -0.329 e. The van der Waals surface area contributed by atoms with E-state index in [1.54, 1.807) is 0 Å². The van der Waals surface area contributed by atoms with Gasteiger partial charge in [-0.25, -0.2) is 0 Å². The summed E-state index contributed by atoms with van der Waals surface area (Å²) in [4.78, 5) is 5.00. The van der Waals surface area contributed by atoms with Crippen LogP contribution in [0.15, 0.2) is 0 Å². The second kappa shape index (κ2) is 4.81. The molecule has 0 saturated carbocycles. The Balaban J connectivity index is 1.81. The number of likely N-dealkylation sites (tertiary alicyclic amines) is 2. The van der Waals surface area contributed by atoms with Gasteiger partial charge >= 0.3 is 0 Å². The Hall–Kier alpha value is -0.120. The fourth-order valence-corrected chi connectivity index (χ4v) is 3.03. The molecule has 88 valence electrons. The van der Waals surface area contributed by atoms with Crippen molar-refractivity contribution in [3.63, 3.8) is 0 Å². The lowest BCUT2D eigenvalue weighted by molar-refractivity contribution is 0.0440. The van der Waals surface area contributed by atoms with Crippen molar-refractivity contribution >= 4 is 0 Å². The molecule has 2 N–H and O–H groups in total. The molecule has 0 unspecified atom stereocenters. The van der Waals surface area contributed by atoms with Crippen molar-refractivity contribution in [3.05, 3.63) is 0 Å². The van der Waals surface area contributed by atoms with E-state index in [-0.39, 0.29) is 0 Å². The van der Waals surface area contributed by atoms with E-state index in [1.165, 1.54) is 51.9 Å². The second-order valence-corrected chi connectivity index (χ2v) is 5.43. The molecular formula is C12H25N3. The summed E-state index contributed by atoms with van der Waals surface area (Å²) in [6.45, 7) is 7.07. The van der Waals surface area contributed by atoms with Gasteiger partial charge < -0.3 is 15.5 Å². The molecule has 0 bridgehead atoms. The highest BCUT2D eigenvalue weighted by Gasteiger charge is 2.36. The lowest BCUT2D eigenvalue weighted by Crippen LogP contribution is -2.46. The molecule has 2 aliphatic rings. The second-order valence-electron chi connectivity index (χ2n) is 5.43. The van der Waals surface area contributed by atoms with Gasteiger partial charge in [0.1, 0.15) is 0 Å². The highest BCUT2D eigenvalue weighted by Crippen LogP contribution is 2.40. The molecular weight excluding hydrogens is 186 g/mol. The van der Waals surface area contributed by atoms with Crippen LogP contribution in [0, 0.1) is 5.41 Å². The average Bonchev–Trinajstić information content (AvgIpc) is 2.27. The number of piperidine rings is 2. The molecule has 2 aliphatic heterocycles. The maximum absolute atomic E-state index is 5.60. The van der Waals surface area contributed by atoms with Gasteiger partial charge in [0.25, 0.3) is 0 Å². The van der Waals surface area contributed by atoms with Crippen molar-refractivity contribution in [3.8, 4) is 0 Å². The Labute approximate surface area is 93.6 Å². The summed E-state index contributed by atoms with van der Waals surface area (Å²) < 4.78 is 0. The van der Waals surface area contributed by atoms with Crippen LogP contribution in [0.25, 0.3) is 0 Å². The van der Waals surface area contributed by atoms with Gasteiger partial charge in [0.2, 0.25) is 0 Å². The van der Waals surface area contributed by atoms with E-state index in [2.05, 4.69) is 16.8 Å². The van der Waals surface area contributed by atoms with Crippen LogP contribution in [0.3, 0.4) is 0 Å². The van der Waals surface area contributed by atoms with E-state index in [9.17, 15) is 0 Å². The molecule has 2 heterocycles. The maximum Gasteiger partial charge on any atom is 0.0105 e. The largest absolute Gasteiger partial charge is 0.329 e. The third-order valence-electron chi connectivity index (χ3n) is 4.41. The summed E-state index contributed by atoms with van der Waals surface area (Å²) in [6, 6.07) is 0. The number of hydrogen-bond acceptors (Lipinski definition) is 3. The number of nitrogens with zero attached hydrogens (tertiary/aromatic N) is 2. The van der Waals surface area contributed by atoms with Crippen LogP contribution >= 0.6 is 0 Å². The van der Waals surface area contributed by atoms with E-state index < -0.39 is 0 Å². The molecule has 0 aromatic rings. The van der Waals surface area contributed by atoms with Crippen LogP contribution in [0.1, 0.15) is 25.7 Å².